The predicted octanol–water partition coefficient (Wildman–Crippen LogP) is 3.79. The Labute approximate surface area is 179 Å². The molecule has 2 aromatic heterocycles. The highest BCUT2D eigenvalue weighted by atomic mass is 19.4. The first-order valence-corrected chi connectivity index (χ1v) is 9.49. The van der Waals surface area contributed by atoms with Crippen molar-refractivity contribution >= 4 is 17.4 Å². The lowest BCUT2D eigenvalue weighted by Crippen LogP contribution is -2.29. The monoisotopic (exact) mass is 444 g/mol. The van der Waals surface area contributed by atoms with E-state index < -0.39 is 23.5 Å². The molecule has 0 saturated heterocycles. The van der Waals surface area contributed by atoms with Gasteiger partial charge in [-0.1, -0.05) is 12.1 Å². The molecule has 2 aromatic carbocycles. The van der Waals surface area contributed by atoms with E-state index in [1.807, 2.05) is 0 Å². The van der Waals surface area contributed by atoms with Gasteiger partial charge in [-0.25, -0.2) is 4.39 Å². The smallest absolute Gasteiger partial charge is 0.367 e. The summed E-state index contributed by atoms with van der Waals surface area (Å²) in [5, 5.41) is 18.0. The molecule has 0 aliphatic rings. The summed E-state index contributed by atoms with van der Waals surface area (Å²) in [4.78, 5) is 12.1. The van der Waals surface area contributed by atoms with E-state index in [1.54, 1.807) is 30.3 Å². The van der Waals surface area contributed by atoms with Crippen molar-refractivity contribution in [2.45, 2.75) is 6.18 Å². The summed E-state index contributed by atoms with van der Waals surface area (Å²) in [5.41, 5.74) is -0.00430. The first kappa shape index (κ1) is 21.2. The molecule has 0 aliphatic carbocycles. The molecule has 11 heteroatoms. The van der Waals surface area contributed by atoms with Crippen LogP contribution in [0.25, 0.3) is 17.0 Å². The minimum atomic E-state index is -4.45. The van der Waals surface area contributed by atoms with Crippen LogP contribution in [0.1, 0.15) is 15.9 Å². The van der Waals surface area contributed by atoms with Crippen LogP contribution in [0.2, 0.25) is 0 Å². The zero-order valence-corrected chi connectivity index (χ0v) is 16.4. The fourth-order valence-electron chi connectivity index (χ4n) is 2.97. The number of anilines is 1. The maximum Gasteiger partial charge on any atom is 0.416 e. The maximum absolute atomic E-state index is 14.1. The first-order valence-electron chi connectivity index (χ1n) is 9.49. The van der Waals surface area contributed by atoms with Gasteiger partial charge < -0.3 is 10.6 Å². The number of aromatic nitrogens is 4. The van der Waals surface area contributed by atoms with Gasteiger partial charge >= 0.3 is 6.18 Å². The Bertz CT molecular complexity index is 1250. The summed E-state index contributed by atoms with van der Waals surface area (Å²) in [5.74, 6) is -0.256. The van der Waals surface area contributed by atoms with Crippen molar-refractivity contribution in [3.05, 3.63) is 77.6 Å². The molecule has 164 valence electrons. The van der Waals surface area contributed by atoms with Gasteiger partial charge in [-0.3, -0.25) is 4.79 Å². The second kappa shape index (κ2) is 8.61. The highest BCUT2D eigenvalue weighted by molar-refractivity contribution is 5.94. The lowest BCUT2D eigenvalue weighted by atomic mass is 10.1. The van der Waals surface area contributed by atoms with Crippen LogP contribution in [0.4, 0.5) is 23.4 Å². The topological polar surface area (TPSA) is 84.2 Å². The van der Waals surface area contributed by atoms with Gasteiger partial charge in [-0.15, -0.1) is 15.3 Å². The Hall–Kier alpha value is -4.02. The number of nitrogens with one attached hydrogen (secondary N) is 2. The minimum absolute atomic E-state index is 0.122. The lowest BCUT2D eigenvalue weighted by molar-refractivity contribution is -0.137. The quantitative estimate of drug-likeness (QED) is 0.349. The molecule has 1 amide bonds. The van der Waals surface area contributed by atoms with E-state index in [0.29, 0.717) is 18.0 Å². The zero-order valence-electron chi connectivity index (χ0n) is 16.4. The van der Waals surface area contributed by atoms with Gasteiger partial charge in [0, 0.05) is 18.7 Å². The molecule has 0 atom stereocenters. The number of amides is 1. The molecular formula is C21H16F4N6O. The molecule has 4 rings (SSSR count). The molecule has 0 spiro atoms. The average Bonchev–Trinajstić information content (AvgIpc) is 3.19. The third-order valence-corrected chi connectivity index (χ3v) is 4.57. The van der Waals surface area contributed by atoms with Gasteiger partial charge in [0.2, 0.25) is 0 Å². The molecule has 0 unspecified atom stereocenters. The Balaban J connectivity index is 1.37. The molecule has 0 aliphatic heterocycles. The second-order valence-corrected chi connectivity index (χ2v) is 6.75. The van der Waals surface area contributed by atoms with E-state index in [9.17, 15) is 22.4 Å². The highest BCUT2D eigenvalue weighted by Gasteiger charge is 2.30. The van der Waals surface area contributed by atoms with Crippen LogP contribution in [0, 0.1) is 5.82 Å². The molecule has 2 heterocycles. The molecule has 0 saturated carbocycles. The zero-order chi connectivity index (χ0) is 22.7. The fourth-order valence-corrected chi connectivity index (χ4v) is 2.97. The SMILES string of the molecule is O=C(NCCNc1ccc2nnc(-c3ccccc3F)n2n1)c1ccc(C(F)(F)F)cc1. The molecule has 0 radical (unpaired) electrons. The van der Waals surface area contributed by atoms with Crippen LogP contribution in [-0.2, 0) is 6.18 Å². The van der Waals surface area contributed by atoms with Crippen LogP contribution in [0.5, 0.6) is 0 Å². The Kier molecular flexibility index (Phi) is 5.71. The van der Waals surface area contributed by atoms with Crippen LogP contribution in [0.3, 0.4) is 0 Å². The largest absolute Gasteiger partial charge is 0.416 e. The summed E-state index contributed by atoms with van der Waals surface area (Å²) < 4.78 is 53.3. The summed E-state index contributed by atoms with van der Waals surface area (Å²) in [6, 6.07) is 13.4. The van der Waals surface area contributed by atoms with E-state index in [-0.39, 0.29) is 23.5 Å². The van der Waals surface area contributed by atoms with E-state index >= 15 is 0 Å². The molecule has 2 N–H and O–H groups in total. The van der Waals surface area contributed by atoms with E-state index in [0.717, 1.165) is 24.3 Å². The Morgan fingerprint density at radius 3 is 2.41 bits per heavy atom. The maximum atomic E-state index is 14.1. The van der Waals surface area contributed by atoms with Crippen molar-refractivity contribution in [1.29, 1.82) is 0 Å². The van der Waals surface area contributed by atoms with Crippen molar-refractivity contribution in [3.63, 3.8) is 0 Å². The van der Waals surface area contributed by atoms with E-state index in [2.05, 4.69) is 25.9 Å². The molecule has 7 nitrogen and oxygen atoms in total. The number of nitrogens with zero attached hydrogens (tertiary/aromatic N) is 4. The van der Waals surface area contributed by atoms with Crippen LogP contribution >= 0.6 is 0 Å². The summed E-state index contributed by atoms with van der Waals surface area (Å²) >= 11 is 0. The van der Waals surface area contributed by atoms with Crippen molar-refractivity contribution < 1.29 is 22.4 Å². The third kappa shape index (κ3) is 4.51. The summed E-state index contributed by atoms with van der Waals surface area (Å²) in [7, 11) is 0. The van der Waals surface area contributed by atoms with Gasteiger partial charge in [0.25, 0.3) is 5.91 Å². The van der Waals surface area contributed by atoms with Crippen molar-refractivity contribution in [2.75, 3.05) is 18.4 Å². The Morgan fingerprint density at radius 2 is 1.69 bits per heavy atom. The highest BCUT2D eigenvalue weighted by Crippen LogP contribution is 2.29. The minimum Gasteiger partial charge on any atom is -0.367 e. The number of carbonyl (C=O) groups excluding carboxylic acids is 1. The molecular weight excluding hydrogens is 428 g/mol. The van der Waals surface area contributed by atoms with Crippen molar-refractivity contribution in [1.82, 2.24) is 25.1 Å². The predicted molar refractivity (Wildman–Crippen MR) is 108 cm³/mol. The molecule has 0 bridgehead atoms. The summed E-state index contributed by atoms with van der Waals surface area (Å²) in [6.07, 6.45) is -4.45. The number of alkyl halides is 3. The molecule has 32 heavy (non-hydrogen) atoms. The number of benzene rings is 2. The average molecular weight is 444 g/mol. The van der Waals surface area contributed by atoms with Crippen LogP contribution < -0.4 is 10.6 Å². The summed E-state index contributed by atoms with van der Waals surface area (Å²) in [6.45, 7) is 0.490. The first-order chi connectivity index (χ1) is 15.3. The normalized spacial score (nSPS) is 11.5. The molecule has 0 fully saturated rings. The molecule has 4 aromatic rings. The van der Waals surface area contributed by atoms with Gasteiger partial charge in [-0.05, 0) is 48.5 Å². The Morgan fingerprint density at radius 1 is 0.938 bits per heavy atom. The van der Waals surface area contributed by atoms with Gasteiger partial charge in [-0.2, -0.15) is 17.7 Å². The van der Waals surface area contributed by atoms with Crippen molar-refractivity contribution in [3.8, 4) is 11.4 Å². The number of halogens is 4. The fraction of sp³-hybridized carbons (Fsp3) is 0.143. The number of rotatable bonds is 6. The van der Waals surface area contributed by atoms with Gasteiger partial charge in [0.05, 0.1) is 11.1 Å². The van der Waals surface area contributed by atoms with E-state index in [1.165, 1.54) is 10.6 Å². The van der Waals surface area contributed by atoms with Crippen molar-refractivity contribution in [2.24, 2.45) is 0 Å². The number of hydrogen-bond acceptors (Lipinski definition) is 5. The number of fused-ring (bicyclic) bond motifs is 1. The van der Waals surface area contributed by atoms with E-state index in [4.69, 9.17) is 0 Å². The number of carbonyl (C=O) groups is 1. The van der Waals surface area contributed by atoms with Gasteiger partial charge in [0.15, 0.2) is 11.5 Å². The van der Waals surface area contributed by atoms with Crippen LogP contribution in [0.15, 0.2) is 60.7 Å². The standard InChI is InChI=1S/C21H16F4N6O/c22-16-4-2-1-3-15(16)19-29-28-18-10-9-17(30-31(18)19)26-11-12-27-20(32)13-5-7-14(8-6-13)21(23,24)25/h1-10H,11-12H2,(H,26,30)(H,27,32). The number of hydrogen-bond donors (Lipinski definition) is 2. The van der Waals surface area contributed by atoms with Crippen LogP contribution in [-0.4, -0.2) is 38.8 Å². The second-order valence-electron chi connectivity index (χ2n) is 6.75. The lowest BCUT2D eigenvalue weighted by Gasteiger charge is -2.09. The van der Waals surface area contributed by atoms with Gasteiger partial charge in [0.1, 0.15) is 11.6 Å². The third-order valence-electron chi connectivity index (χ3n) is 4.57.